The van der Waals surface area contributed by atoms with Crippen LogP contribution in [0.4, 0.5) is 0 Å². The van der Waals surface area contributed by atoms with Gasteiger partial charge in [0.15, 0.2) is 0 Å². The summed E-state index contributed by atoms with van der Waals surface area (Å²) in [6.07, 6.45) is 2.89. The van der Waals surface area contributed by atoms with Crippen molar-refractivity contribution in [1.29, 1.82) is 0 Å². The van der Waals surface area contributed by atoms with Gasteiger partial charge in [-0.3, -0.25) is 9.69 Å². The Morgan fingerprint density at radius 3 is 2.75 bits per heavy atom. The van der Waals surface area contributed by atoms with E-state index in [2.05, 4.69) is 17.0 Å². The number of ether oxygens (including phenoxy) is 1. The molecule has 3 rings (SSSR count). The van der Waals surface area contributed by atoms with Gasteiger partial charge in [0.25, 0.3) is 0 Å². The molecule has 1 aromatic rings. The highest BCUT2D eigenvalue weighted by Crippen LogP contribution is 2.46. The number of hydrogen-bond acceptors (Lipinski definition) is 3. The average Bonchev–Trinajstić information content (AvgIpc) is 3.03. The van der Waals surface area contributed by atoms with Crippen molar-refractivity contribution in [2.75, 3.05) is 13.7 Å². The number of nitrogens with zero attached hydrogens (tertiary/aromatic N) is 1. The van der Waals surface area contributed by atoms with Gasteiger partial charge in [0.1, 0.15) is 0 Å². The van der Waals surface area contributed by atoms with Gasteiger partial charge < -0.3 is 9.84 Å². The highest BCUT2D eigenvalue weighted by molar-refractivity contribution is 5.71. The topological polar surface area (TPSA) is 49.8 Å². The van der Waals surface area contributed by atoms with Crippen molar-refractivity contribution in [2.45, 2.75) is 37.4 Å². The Labute approximate surface area is 119 Å². The summed E-state index contributed by atoms with van der Waals surface area (Å²) in [5.41, 5.74) is 1.22. The van der Waals surface area contributed by atoms with Gasteiger partial charge in [-0.05, 0) is 24.8 Å². The lowest BCUT2D eigenvalue weighted by Gasteiger charge is -2.32. The molecule has 108 valence electrons. The second-order valence-electron chi connectivity index (χ2n) is 5.81. The summed E-state index contributed by atoms with van der Waals surface area (Å²) in [6, 6.07) is 11.0. The molecule has 4 heteroatoms. The van der Waals surface area contributed by atoms with Crippen LogP contribution < -0.4 is 0 Å². The van der Waals surface area contributed by atoms with Gasteiger partial charge in [-0.1, -0.05) is 30.3 Å². The molecule has 2 fully saturated rings. The lowest BCUT2D eigenvalue weighted by Crippen LogP contribution is -2.38. The summed E-state index contributed by atoms with van der Waals surface area (Å²) >= 11 is 0. The van der Waals surface area contributed by atoms with Crippen LogP contribution in [0.1, 0.15) is 30.9 Å². The van der Waals surface area contributed by atoms with Crippen LogP contribution in [0.5, 0.6) is 0 Å². The zero-order chi connectivity index (χ0) is 14.1. The molecule has 2 heterocycles. The molecular formula is C16H21NO3. The second kappa shape index (κ2) is 5.54. The molecule has 0 radical (unpaired) electrons. The number of aliphatic carboxylic acids is 1. The first kappa shape index (κ1) is 13.6. The van der Waals surface area contributed by atoms with Gasteiger partial charge in [-0.15, -0.1) is 0 Å². The molecule has 4 unspecified atom stereocenters. The van der Waals surface area contributed by atoms with Crippen molar-refractivity contribution in [2.24, 2.45) is 5.92 Å². The molecule has 1 N–H and O–H groups in total. The minimum absolute atomic E-state index is 0.165. The number of methoxy groups -OCH3 is 1. The Hall–Kier alpha value is -1.39. The van der Waals surface area contributed by atoms with Crippen molar-refractivity contribution in [1.82, 2.24) is 4.90 Å². The standard InChI is InChI=1S/C16H21NO3/c1-20-10-15(11-5-3-2-4-6-11)17-12-7-8-14(17)13(9-12)16(18)19/h2-6,12-15H,7-10H2,1H3,(H,18,19). The van der Waals surface area contributed by atoms with Gasteiger partial charge in [0.2, 0.25) is 0 Å². The SMILES string of the molecule is COCC(c1ccccc1)N1C2CCC1C(C(=O)O)C2. The third kappa shape index (κ3) is 2.23. The Kier molecular flexibility index (Phi) is 3.76. The fraction of sp³-hybridized carbons (Fsp3) is 0.562. The molecule has 0 saturated carbocycles. The molecule has 0 aromatic heterocycles. The van der Waals surface area contributed by atoms with Crippen LogP contribution in [-0.2, 0) is 9.53 Å². The lowest BCUT2D eigenvalue weighted by molar-refractivity contribution is -0.142. The van der Waals surface area contributed by atoms with Crippen LogP contribution in [0.3, 0.4) is 0 Å². The fourth-order valence-corrected chi connectivity index (χ4v) is 3.97. The van der Waals surface area contributed by atoms with Crippen LogP contribution >= 0.6 is 0 Å². The van der Waals surface area contributed by atoms with E-state index < -0.39 is 5.97 Å². The van der Waals surface area contributed by atoms with E-state index in [1.54, 1.807) is 7.11 Å². The maximum absolute atomic E-state index is 11.4. The van der Waals surface area contributed by atoms with E-state index in [9.17, 15) is 9.90 Å². The number of fused-ring (bicyclic) bond motifs is 2. The summed E-state index contributed by atoms with van der Waals surface area (Å²) in [7, 11) is 1.71. The van der Waals surface area contributed by atoms with Gasteiger partial charge in [-0.25, -0.2) is 0 Å². The van der Waals surface area contributed by atoms with Crippen molar-refractivity contribution < 1.29 is 14.6 Å². The minimum atomic E-state index is -0.647. The van der Waals surface area contributed by atoms with Crippen LogP contribution in [0.25, 0.3) is 0 Å². The van der Waals surface area contributed by atoms with Gasteiger partial charge in [-0.2, -0.15) is 0 Å². The quantitative estimate of drug-likeness (QED) is 0.896. The third-order valence-electron chi connectivity index (χ3n) is 4.78. The first-order valence-electron chi connectivity index (χ1n) is 7.26. The van der Waals surface area contributed by atoms with E-state index in [1.807, 2.05) is 18.2 Å². The first-order valence-corrected chi connectivity index (χ1v) is 7.26. The number of rotatable bonds is 5. The Bertz CT molecular complexity index is 476. The zero-order valence-corrected chi connectivity index (χ0v) is 11.7. The number of carbonyl (C=O) groups is 1. The van der Waals surface area contributed by atoms with Gasteiger partial charge in [0, 0.05) is 19.2 Å². The smallest absolute Gasteiger partial charge is 0.308 e. The molecular weight excluding hydrogens is 254 g/mol. The molecule has 4 nitrogen and oxygen atoms in total. The van der Waals surface area contributed by atoms with E-state index in [-0.39, 0.29) is 18.0 Å². The molecule has 2 aliphatic rings. The van der Waals surface area contributed by atoms with Crippen molar-refractivity contribution >= 4 is 5.97 Å². The largest absolute Gasteiger partial charge is 0.481 e. The summed E-state index contributed by atoms with van der Waals surface area (Å²) in [5.74, 6) is -0.858. The van der Waals surface area contributed by atoms with E-state index in [0.29, 0.717) is 12.6 Å². The van der Waals surface area contributed by atoms with E-state index in [0.717, 1.165) is 19.3 Å². The molecule has 0 aliphatic carbocycles. The minimum Gasteiger partial charge on any atom is -0.481 e. The van der Waals surface area contributed by atoms with Crippen LogP contribution in [-0.4, -0.2) is 41.8 Å². The molecule has 2 aliphatic heterocycles. The van der Waals surface area contributed by atoms with Crippen molar-refractivity contribution in [3.8, 4) is 0 Å². The maximum atomic E-state index is 11.4. The maximum Gasteiger partial charge on any atom is 0.308 e. The van der Waals surface area contributed by atoms with Gasteiger partial charge in [0.05, 0.1) is 18.6 Å². The highest BCUT2D eigenvalue weighted by Gasteiger charge is 2.51. The summed E-state index contributed by atoms with van der Waals surface area (Å²) in [4.78, 5) is 13.8. The molecule has 0 spiro atoms. The average molecular weight is 275 g/mol. The number of carboxylic acid groups (broad SMARTS) is 1. The van der Waals surface area contributed by atoms with Crippen LogP contribution in [0.2, 0.25) is 0 Å². The van der Waals surface area contributed by atoms with E-state index in [4.69, 9.17) is 4.74 Å². The van der Waals surface area contributed by atoms with E-state index >= 15 is 0 Å². The van der Waals surface area contributed by atoms with Crippen molar-refractivity contribution in [3.63, 3.8) is 0 Å². The molecule has 4 atom stereocenters. The summed E-state index contributed by atoms with van der Waals surface area (Å²) in [5, 5.41) is 9.38. The molecule has 2 saturated heterocycles. The lowest BCUT2D eigenvalue weighted by atomic mass is 9.89. The fourth-order valence-electron chi connectivity index (χ4n) is 3.97. The number of benzene rings is 1. The normalized spacial score (nSPS) is 30.6. The molecule has 20 heavy (non-hydrogen) atoms. The summed E-state index contributed by atoms with van der Waals surface area (Å²) < 4.78 is 5.40. The van der Waals surface area contributed by atoms with Crippen molar-refractivity contribution in [3.05, 3.63) is 35.9 Å². The molecule has 1 aromatic carbocycles. The Morgan fingerprint density at radius 1 is 1.40 bits per heavy atom. The van der Waals surface area contributed by atoms with Crippen LogP contribution in [0.15, 0.2) is 30.3 Å². The predicted octanol–water partition coefficient (Wildman–Crippen LogP) is 2.31. The second-order valence-corrected chi connectivity index (χ2v) is 5.81. The Balaban J connectivity index is 1.87. The molecule has 2 bridgehead atoms. The summed E-state index contributed by atoms with van der Waals surface area (Å²) in [6.45, 7) is 0.614. The molecule has 0 amide bonds. The Morgan fingerprint density at radius 2 is 2.15 bits per heavy atom. The van der Waals surface area contributed by atoms with E-state index in [1.165, 1.54) is 5.56 Å². The van der Waals surface area contributed by atoms with Gasteiger partial charge >= 0.3 is 5.97 Å². The monoisotopic (exact) mass is 275 g/mol. The zero-order valence-electron chi connectivity index (χ0n) is 11.7. The van der Waals surface area contributed by atoms with Crippen LogP contribution in [0, 0.1) is 5.92 Å². The first-order chi connectivity index (χ1) is 9.72. The number of carboxylic acids is 1. The number of hydrogen-bond donors (Lipinski definition) is 1. The highest BCUT2D eigenvalue weighted by atomic mass is 16.5. The third-order valence-corrected chi connectivity index (χ3v) is 4.78. The predicted molar refractivity (Wildman–Crippen MR) is 75.5 cm³/mol.